The van der Waals surface area contributed by atoms with Gasteiger partial charge in [0.05, 0.1) is 11.8 Å². The van der Waals surface area contributed by atoms with Crippen molar-refractivity contribution in [1.82, 2.24) is 14.3 Å². The number of nitrogens with zero attached hydrogens (tertiary/aromatic N) is 2. The molecule has 0 aliphatic carbocycles. The third-order valence-electron chi connectivity index (χ3n) is 2.88. The fraction of sp³-hybridized carbons (Fsp3) is 0.750. The van der Waals surface area contributed by atoms with Gasteiger partial charge in [-0.15, -0.1) is 0 Å². The van der Waals surface area contributed by atoms with Crippen molar-refractivity contribution >= 4 is 10.0 Å². The average molecular weight is 273 g/mol. The number of imidazole rings is 1. The lowest BCUT2D eigenvalue weighted by atomic mass is 10.1. The van der Waals surface area contributed by atoms with Crippen molar-refractivity contribution in [1.29, 1.82) is 0 Å². The third kappa shape index (κ3) is 4.10. The van der Waals surface area contributed by atoms with Gasteiger partial charge in [0.15, 0.2) is 0 Å². The van der Waals surface area contributed by atoms with E-state index in [4.69, 9.17) is 0 Å². The van der Waals surface area contributed by atoms with Crippen molar-refractivity contribution in [3.8, 4) is 0 Å². The first-order valence-electron chi connectivity index (χ1n) is 6.34. The lowest BCUT2D eigenvalue weighted by Crippen LogP contribution is -2.35. The van der Waals surface area contributed by atoms with Crippen LogP contribution in [0.3, 0.4) is 0 Å². The smallest absolute Gasteiger partial charge is 0.212 e. The molecule has 0 spiro atoms. The zero-order valence-corrected chi connectivity index (χ0v) is 12.4. The van der Waals surface area contributed by atoms with Crippen LogP contribution < -0.4 is 4.72 Å². The molecule has 0 saturated carbocycles. The van der Waals surface area contributed by atoms with Gasteiger partial charge in [-0.2, -0.15) is 0 Å². The summed E-state index contributed by atoms with van der Waals surface area (Å²) in [6, 6.07) is -0.271. The van der Waals surface area contributed by atoms with E-state index in [-0.39, 0.29) is 17.7 Å². The molecule has 1 unspecified atom stereocenters. The fourth-order valence-electron chi connectivity index (χ4n) is 1.75. The maximum atomic E-state index is 12.0. The van der Waals surface area contributed by atoms with E-state index in [2.05, 4.69) is 9.71 Å². The van der Waals surface area contributed by atoms with E-state index in [0.29, 0.717) is 6.42 Å². The highest BCUT2D eigenvalue weighted by Crippen LogP contribution is 2.20. The van der Waals surface area contributed by atoms with Crippen molar-refractivity contribution in [3.63, 3.8) is 0 Å². The summed E-state index contributed by atoms with van der Waals surface area (Å²) in [7, 11) is -1.36. The Morgan fingerprint density at radius 1 is 1.44 bits per heavy atom. The van der Waals surface area contributed by atoms with Crippen LogP contribution in [-0.4, -0.2) is 23.7 Å². The van der Waals surface area contributed by atoms with Gasteiger partial charge in [0.25, 0.3) is 0 Å². The molecule has 0 aliphatic rings. The molecule has 1 aromatic heterocycles. The molecule has 1 aromatic rings. The summed E-state index contributed by atoms with van der Waals surface area (Å²) in [6.45, 7) is 5.96. The predicted octanol–water partition coefficient (Wildman–Crippen LogP) is 1.84. The van der Waals surface area contributed by atoms with Crippen molar-refractivity contribution in [2.24, 2.45) is 13.0 Å². The molecule has 0 bridgehead atoms. The topological polar surface area (TPSA) is 64.0 Å². The van der Waals surface area contributed by atoms with Gasteiger partial charge < -0.3 is 4.57 Å². The van der Waals surface area contributed by atoms with Crippen LogP contribution in [0, 0.1) is 5.92 Å². The second-order valence-corrected chi connectivity index (χ2v) is 6.78. The van der Waals surface area contributed by atoms with E-state index in [0.717, 1.165) is 12.2 Å². The summed E-state index contributed by atoms with van der Waals surface area (Å²) < 4.78 is 28.5. The average Bonchev–Trinajstić information content (AvgIpc) is 2.69. The number of aromatic nitrogens is 2. The van der Waals surface area contributed by atoms with Crippen LogP contribution in [0.5, 0.6) is 0 Å². The molecule has 1 heterocycles. The molecule has 6 heteroatoms. The zero-order chi connectivity index (χ0) is 13.8. The van der Waals surface area contributed by atoms with E-state index >= 15 is 0 Å². The Balaban J connectivity index is 2.86. The molecule has 5 nitrogen and oxygen atoms in total. The zero-order valence-electron chi connectivity index (χ0n) is 11.5. The van der Waals surface area contributed by atoms with Gasteiger partial charge >= 0.3 is 0 Å². The Kier molecular flexibility index (Phi) is 5.34. The summed E-state index contributed by atoms with van der Waals surface area (Å²) in [4.78, 5) is 4.24. The third-order valence-corrected chi connectivity index (χ3v) is 4.32. The maximum Gasteiger partial charge on any atom is 0.212 e. The molecule has 1 atom stereocenters. The van der Waals surface area contributed by atoms with E-state index in [1.165, 1.54) is 0 Å². The first-order valence-corrected chi connectivity index (χ1v) is 8.00. The number of rotatable bonds is 7. The van der Waals surface area contributed by atoms with Crippen molar-refractivity contribution in [2.75, 3.05) is 5.75 Å². The molecular formula is C12H23N3O2S. The molecule has 0 saturated heterocycles. The fourth-order valence-corrected chi connectivity index (χ4v) is 3.30. The minimum Gasteiger partial charge on any atom is -0.337 e. The van der Waals surface area contributed by atoms with E-state index < -0.39 is 10.0 Å². The Bertz CT molecular complexity index is 465. The number of aryl methyl sites for hydroxylation is 1. The minimum absolute atomic E-state index is 0.155. The molecule has 0 radical (unpaired) electrons. The Morgan fingerprint density at radius 2 is 2.11 bits per heavy atom. The van der Waals surface area contributed by atoms with E-state index in [1.807, 2.05) is 38.6 Å². The summed E-state index contributed by atoms with van der Waals surface area (Å²) in [6.07, 6.45) is 5.06. The van der Waals surface area contributed by atoms with Gasteiger partial charge in [-0.25, -0.2) is 18.1 Å². The van der Waals surface area contributed by atoms with Gasteiger partial charge in [0.2, 0.25) is 10.0 Å². The van der Waals surface area contributed by atoms with Crippen LogP contribution in [0.2, 0.25) is 0 Å². The molecule has 1 rings (SSSR count). The lowest BCUT2D eigenvalue weighted by Gasteiger charge is -2.21. The standard InChI is InChI=1S/C12H23N3O2S/c1-5-6-9-18(16,17)14-11(10(2)3)12-13-7-8-15(12)4/h7-8,10-11,14H,5-6,9H2,1-4H3. The van der Waals surface area contributed by atoms with Gasteiger partial charge in [0.1, 0.15) is 5.82 Å². The normalized spacial score (nSPS) is 14.1. The summed E-state index contributed by atoms with van der Waals surface area (Å²) in [5, 5.41) is 0. The highest BCUT2D eigenvalue weighted by molar-refractivity contribution is 7.89. The first kappa shape index (κ1) is 15.2. The predicted molar refractivity (Wildman–Crippen MR) is 72.6 cm³/mol. The number of hydrogen-bond acceptors (Lipinski definition) is 3. The van der Waals surface area contributed by atoms with Crippen molar-refractivity contribution < 1.29 is 8.42 Å². The Morgan fingerprint density at radius 3 is 2.56 bits per heavy atom. The maximum absolute atomic E-state index is 12.0. The van der Waals surface area contributed by atoms with Crippen LogP contribution in [0.1, 0.15) is 45.5 Å². The Labute approximate surface area is 110 Å². The number of unbranched alkanes of at least 4 members (excludes halogenated alkanes) is 1. The van der Waals surface area contributed by atoms with Crippen LogP contribution >= 0.6 is 0 Å². The first-order chi connectivity index (χ1) is 8.37. The van der Waals surface area contributed by atoms with Crippen LogP contribution in [-0.2, 0) is 17.1 Å². The monoisotopic (exact) mass is 273 g/mol. The summed E-state index contributed by atoms with van der Waals surface area (Å²) in [5.41, 5.74) is 0. The van der Waals surface area contributed by atoms with Gasteiger partial charge in [0, 0.05) is 19.4 Å². The second kappa shape index (κ2) is 6.33. The minimum atomic E-state index is -3.23. The van der Waals surface area contributed by atoms with Crippen molar-refractivity contribution in [2.45, 2.75) is 39.7 Å². The van der Waals surface area contributed by atoms with E-state index in [1.54, 1.807) is 6.20 Å². The molecular weight excluding hydrogens is 250 g/mol. The number of sulfonamides is 1. The number of hydrogen-bond donors (Lipinski definition) is 1. The molecule has 0 amide bonds. The quantitative estimate of drug-likeness (QED) is 0.824. The molecule has 0 fully saturated rings. The summed E-state index contributed by atoms with van der Waals surface area (Å²) >= 11 is 0. The molecule has 0 aliphatic heterocycles. The Hall–Kier alpha value is -0.880. The summed E-state index contributed by atoms with van der Waals surface area (Å²) in [5.74, 6) is 1.09. The van der Waals surface area contributed by atoms with Crippen LogP contribution in [0.4, 0.5) is 0 Å². The number of nitrogens with one attached hydrogen (secondary N) is 1. The SMILES string of the molecule is CCCCS(=O)(=O)NC(c1nccn1C)C(C)C. The highest BCUT2D eigenvalue weighted by Gasteiger charge is 2.24. The van der Waals surface area contributed by atoms with Gasteiger partial charge in [-0.05, 0) is 12.3 Å². The lowest BCUT2D eigenvalue weighted by molar-refractivity contribution is 0.434. The largest absolute Gasteiger partial charge is 0.337 e. The van der Waals surface area contributed by atoms with Gasteiger partial charge in [-0.3, -0.25) is 0 Å². The molecule has 18 heavy (non-hydrogen) atoms. The van der Waals surface area contributed by atoms with Crippen molar-refractivity contribution in [3.05, 3.63) is 18.2 Å². The van der Waals surface area contributed by atoms with Crippen LogP contribution in [0.25, 0.3) is 0 Å². The second-order valence-electron chi connectivity index (χ2n) is 4.91. The molecule has 1 N–H and O–H groups in total. The van der Waals surface area contributed by atoms with Crippen LogP contribution in [0.15, 0.2) is 12.4 Å². The highest BCUT2D eigenvalue weighted by atomic mass is 32.2. The van der Waals surface area contributed by atoms with E-state index in [9.17, 15) is 8.42 Å². The van der Waals surface area contributed by atoms with Gasteiger partial charge in [-0.1, -0.05) is 27.2 Å². The molecule has 0 aromatic carbocycles. The molecule has 104 valence electrons.